The van der Waals surface area contributed by atoms with Crippen LogP contribution in [0.3, 0.4) is 0 Å². The van der Waals surface area contributed by atoms with Gasteiger partial charge in [0, 0.05) is 11.8 Å². The van der Waals surface area contributed by atoms with Crippen LogP contribution in [-0.4, -0.2) is 19.3 Å². The Hall–Kier alpha value is -2.20. The molecule has 2 aromatic rings. The van der Waals surface area contributed by atoms with Crippen LogP contribution in [0.25, 0.3) is 0 Å². The van der Waals surface area contributed by atoms with E-state index in [0.29, 0.717) is 22.7 Å². The van der Waals surface area contributed by atoms with Crippen molar-refractivity contribution < 1.29 is 14.6 Å². The molecule has 0 aliphatic carbocycles. The molecule has 100 valence electrons. The molecule has 0 amide bonds. The molecular weight excluding hydrogens is 242 g/mol. The maximum absolute atomic E-state index is 10.4. The van der Waals surface area contributed by atoms with E-state index in [4.69, 9.17) is 15.2 Å². The number of methoxy groups -OCH3 is 2. The molecule has 0 radical (unpaired) electrons. The van der Waals surface area contributed by atoms with Gasteiger partial charge in [0.15, 0.2) is 0 Å². The molecule has 0 heterocycles. The van der Waals surface area contributed by atoms with Crippen molar-refractivity contribution in [2.75, 3.05) is 20.0 Å². The third-order valence-electron chi connectivity index (χ3n) is 2.92. The monoisotopic (exact) mass is 259 g/mol. The van der Waals surface area contributed by atoms with Gasteiger partial charge in [0.25, 0.3) is 0 Å². The minimum absolute atomic E-state index is 0.617. The van der Waals surface area contributed by atoms with Crippen molar-refractivity contribution in [2.45, 2.75) is 6.10 Å². The van der Waals surface area contributed by atoms with Gasteiger partial charge in [0.1, 0.15) is 17.6 Å². The van der Waals surface area contributed by atoms with Crippen molar-refractivity contribution in [1.29, 1.82) is 0 Å². The van der Waals surface area contributed by atoms with Gasteiger partial charge in [-0.3, -0.25) is 0 Å². The van der Waals surface area contributed by atoms with Crippen molar-refractivity contribution in [3.8, 4) is 11.5 Å². The van der Waals surface area contributed by atoms with Crippen LogP contribution in [0, 0.1) is 0 Å². The Labute approximate surface area is 112 Å². The van der Waals surface area contributed by atoms with Gasteiger partial charge in [-0.05, 0) is 35.4 Å². The van der Waals surface area contributed by atoms with E-state index in [9.17, 15) is 5.11 Å². The topological polar surface area (TPSA) is 64.7 Å². The Bertz CT molecular complexity index is 547. The van der Waals surface area contributed by atoms with Crippen LogP contribution >= 0.6 is 0 Å². The Kier molecular flexibility index (Phi) is 3.92. The Morgan fingerprint density at radius 2 is 1.58 bits per heavy atom. The average Bonchev–Trinajstić information content (AvgIpc) is 2.45. The summed E-state index contributed by atoms with van der Waals surface area (Å²) in [6, 6.07) is 12.5. The van der Waals surface area contributed by atoms with Gasteiger partial charge in [0.2, 0.25) is 0 Å². The van der Waals surface area contributed by atoms with Crippen molar-refractivity contribution in [1.82, 2.24) is 0 Å². The zero-order valence-corrected chi connectivity index (χ0v) is 11.0. The van der Waals surface area contributed by atoms with Crippen molar-refractivity contribution >= 4 is 5.69 Å². The highest BCUT2D eigenvalue weighted by molar-refractivity contribution is 5.46. The molecule has 0 saturated heterocycles. The molecule has 2 rings (SSSR count). The summed E-state index contributed by atoms with van der Waals surface area (Å²) >= 11 is 0. The molecule has 0 aliphatic heterocycles. The van der Waals surface area contributed by atoms with Crippen LogP contribution in [0.5, 0.6) is 11.5 Å². The molecule has 0 aliphatic rings. The van der Waals surface area contributed by atoms with E-state index in [1.165, 1.54) is 0 Å². The molecule has 3 N–H and O–H groups in total. The van der Waals surface area contributed by atoms with Crippen molar-refractivity contribution in [3.63, 3.8) is 0 Å². The number of rotatable bonds is 4. The molecule has 0 spiro atoms. The van der Waals surface area contributed by atoms with Gasteiger partial charge in [-0.2, -0.15) is 0 Å². The Morgan fingerprint density at radius 3 is 2.11 bits per heavy atom. The first-order chi connectivity index (χ1) is 9.13. The van der Waals surface area contributed by atoms with Gasteiger partial charge in [0.05, 0.1) is 14.2 Å². The number of ether oxygens (including phenoxy) is 2. The number of hydrogen-bond acceptors (Lipinski definition) is 4. The smallest absolute Gasteiger partial charge is 0.122 e. The average molecular weight is 259 g/mol. The summed E-state index contributed by atoms with van der Waals surface area (Å²) < 4.78 is 10.4. The quantitative estimate of drug-likeness (QED) is 0.827. The Morgan fingerprint density at radius 1 is 0.947 bits per heavy atom. The second kappa shape index (κ2) is 5.63. The standard InChI is InChI=1S/C15H17NO3/c1-18-13-7-11(8-14(9-13)19-2)15(17)10-4-3-5-12(16)6-10/h3-9,15,17H,16H2,1-2H3. The van der Waals surface area contributed by atoms with Gasteiger partial charge >= 0.3 is 0 Å². The lowest BCUT2D eigenvalue weighted by molar-refractivity contribution is 0.219. The zero-order chi connectivity index (χ0) is 13.8. The number of anilines is 1. The lowest BCUT2D eigenvalue weighted by atomic mass is 10.0. The fourth-order valence-electron chi connectivity index (χ4n) is 1.91. The molecule has 0 bridgehead atoms. The lowest BCUT2D eigenvalue weighted by Crippen LogP contribution is -2.01. The number of aliphatic hydroxyl groups excluding tert-OH is 1. The van der Waals surface area contributed by atoms with E-state index < -0.39 is 6.10 Å². The van der Waals surface area contributed by atoms with E-state index in [1.807, 2.05) is 12.1 Å². The molecule has 1 atom stereocenters. The number of nitrogen functional groups attached to an aromatic ring is 1. The van der Waals surface area contributed by atoms with Gasteiger partial charge in [-0.1, -0.05) is 12.1 Å². The summed E-state index contributed by atoms with van der Waals surface area (Å²) in [7, 11) is 3.15. The van der Waals surface area contributed by atoms with E-state index in [2.05, 4.69) is 0 Å². The molecule has 0 saturated carbocycles. The first-order valence-corrected chi connectivity index (χ1v) is 5.90. The van der Waals surface area contributed by atoms with Crippen LogP contribution in [0.4, 0.5) is 5.69 Å². The summed E-state index contributed by atoms with van der Waals surface area (Å²) in [6.45, 7) is 0. The zero-order valence-electron chi connectivity index (χ0n) is 11.0. The molecule has 1 unspecified atom stereocenters. The molecule has 0 fully saturated rings. The second-order valence-corrected chi connectivity index (χ2v) is 4.22. The largest absolute Gasteiger partial charge is 0.497 e. The molecule has 0 aromatic heterocycles. The number of benzene rings is 2. The maximum atomic E-state index is 10.4. The van der Waals surface area contributed by atoms with Gasteiger partial charge < -0.3 is 20.3 Å². The number of hydrogen-bond donors (Lipinski definition) is 2. The second-order valence-electron chi connectivity index (χ2n) is 4.22. The predicted molar refractivity (Wildman–Crippen MR) is 74.5 cm³/mol. The Balaban J connectivity index is 2.40. The SMILES string of the molecule is COc1cc(OC)cc(C(O)c2cccc(N)c2)c1. The van der Waals surface area contributed by atoms with E-state index in [-0.39, 0.29) is 0 Å². The van der Waals surface area contributed by atoms with Gasteiger partial charge in [-0.15, -0.1) is 0 Å². The van der Waals surface area contributed by atoms with Crippen molar-refractivity contribution in [3.05, 3.63) is 53.6 Å². The van der Waals surface area contributed by atoms with Crippen LogP contribution in [0.1, 0.15) is 17.2 Å². The number of aliphatic hydroxyl groups is 1. The van der Waals surface area contributed by atoms with E-state index in [0.717, 1.165) is 5.56 Å². The van der Waals surface area contributed by atoms with Crippen molar-refractivity contribution in [2.24, 2.45) is 0 Å². The molecule has 4 heteroatoms. The normalized spacial score (nSPS) is 11.9. The third-order valence-corrected chi connectivity index (χ3v) is 2.92. The van der Waals surface area contributed by atoms with Gasteiger partial charge in [-0.25, -0.2) is 0 Å². The van der Waals surface area contributed by atoms with Crippen LogP contribution in [0.2, 0.25) is 0 Å². The summed E-state index contributed by atoms with van der Waals surface area (Å²) in [5.74, 6) is 1.27. The first-order valence-electron chi connectivity index (χ1n) is 5.90. The highest BCUT2D eigenvalue weighted by atomic mass is 16.5. The highest BCUT2D eigenvalue weighted by Gasteiger charge is 2.13. The minimum atomic E-state index is -0.771. The number of nitrogens with two attached hydrogens (primary N) is 1. The fourth-order valence-corrected chi connectivity index (χ4v) is 1.91. The fraction of sp³-hybridized carbons (Fsp3) is 0.200. The minimum Gasteiger partial charge on any atom is -0.497 e. The summed E-state index contributed by atoms with van der Waals surface area (Å²) in [5, 5.41) is 10.4. The first kappa shape index (κ1) is 13.2. The summed E-state index contributed by atoms with van der Waals surface area (Å²) in [4.78, 5) is 0. The highest BCUT2D eigenvalue weighted by Crippen LogP contribution is 2.30. The van der Waals surface area contributed by atoms with E-state index >= 15 is 0 Å². The van der Waals surface area contributed by atoms with Crippen LogP contribution in [0.15, 0.2) is 42.5 Å². The molecule has 2 aromatic carbocycles. The van der Waals surface area contributed by atoms with Crippen LogP contribution < -0.4 is 15.2 Å². The summed E-state index contributed by atoms with van der Waals surface area (Å²) in [5.41, 5.74) is 7.77. The van der Waals surface area contributed by atoms with Crippen LogP contribution in [-0.2, 0) is 0 Å². The van der Waals surface area contributed by atoms with E-state index in [1.54, 1.807) is 44.6 Å². The third kappa shape index (κ3) is 2.98. The lowest BCUT2D eigenvalue weighted by Gasteiger charge is -2.14. The summed E-state index contributed by atoms with van der Waals surface area (Å²) in [6.07, 6.45) is -0.771. The predicted octanol–water partition coefficient (Wildman–Crippen LogP) is 2.37. The molecule has 19 heavy (non-hydrogen) atoms. The molecular formula is C15H17NO3. The molecule has 4 nitrogen and oxygen atoms in total. The maximum Gasteiger partial charge on any atom is 0.122 e.